The number of allylic oxidation sites excluding steroid dienone is 3. The van der Waals surface area contributed by atoms with Gasteiger partial charge < -0.3 is 9.64 Å². The van der Waals surface area contributed by atoms with E-state index in [2.05, 4.69) is 56.2 Å². The molecule has 0 aliphatic carbocycles. The zero-order valence-electron chi connectivity index (χ0n) is 13.0. The van der Waals surface area contributed by atoms with E-state index in [9.17, 15) is 0 Å². The zero-order valence-corrected chi connectivity index (χ0v) is 13.8. The minimum absolute atomic E-state index is 0.118. The summed E-state index contributed by atoms with van der Waals surface area (Å²) in [7, 11) is 0. The molecule has 0 amide bonds. The van der Waals surface area contributed by atoms with E-state index < -0.39 is 0 Å². The number of hydrogen-bond donors (Lipinski definition) is 0. The van der Waals surface area contributed by atoms with Crippen molar-refractivity contribution >= 4 is 11.3 Å². The Labute approximate surface area is 131 Å². The molecule has 2 atom stereocenters. The van der Waals surface area contributed by atoms with Gasteiger partial charge in [0.2, 0.25) is 6.23 Å². The van der Waals surface area contributed by atoms with E-state index in [-0.39, 0.29) is 12.3 Å². The summed E-state index contributed by atoms with van der Waals surface area (Å²) in [5.41, 5.74) is 1.08. The first kappa shape index (κ1) is 15.6. The van der Waals surface area contributed by atoms with Crippen molar-refractivity contribution in [2.24, 2.45) is 0 Å². The molecule has 1 aliphatic heterocycles. The standard InChI is InChI=1S/C18H23NOS/c1-6-14(7-2)19-13(5)12-15(8-3)20-18(19)17-11-10-16(9-4)21-17/h6-8,10-13,18H,1,3,9H2,2,4-5H3/b14-7+. The molecule has 3 heteroatoms. The highest BCUT2D eigenvalue weighted by molar-refractivity contribution is 7.12. The van der Waals surface area contributed by atoms with Crippen molar-refractivity contribution < 1.29 is 4.74 Å². The quantitative estimate of drug-likeness (QED) is 0.694. The lowest BCUT2D eigenvalue weighted by Gasteiger charge is -2.41. The number of nitrogens with zero attached hydrogens (tertiary/aromatic N) is 1. The first-order valence-electron chi connectivity index (χ1n) is 7.31. The molecule has 1 aromatic rings. The van der Waals surface area contributed by atoms with Gasteiger partial charge in [0.15, 0.2) is 0 Å². The van der Waals surface area contributed by atoms with Gasteiger partial charge in [-0.05, 0) is 50.6 Å². The maximum atomic E-state index is 6.14. The summed E-state index contributed by atoms with van der Waals surface area (Å²) >= 11 is 1.81. The second-order valence-corrected chi connectivity index (χ2v) is 6.17. The highest BCUT2D eigenvalue weighted by Gasteiger charge is 2.31. The van der Waals surface area contributed by atoms with Gasteiger partial charge in [0.05, 0.1) is 10.9 Å². The third-order valence-electron chi connectivity index (χ3n) is 3.62. The summed E-state index contributed by atoms with van der Waals surface area (Å²) in [4.78, 5) is 4.84. The van der Waals surface area contributed by atoms with E-state index in [1.807, 2.05) is 13.0 Å². The first-order chi connectivity index (χ1) is 10.1. The first-order valence-corrected chi connectivity index (χ1v) is 8.12. The average Bonchev–Trinajstić information content (AvgIpc) is 2.98. The van der Waals surface area contributed by atoms with Crippen molar-refractivity contribution in [3.63, 3.8) is 0 Å². The minimum Gasteiger partial charge on any atom is -0.466 e. The van der Waals surface area contributed by atoms with Gasteiger partial charge >= 0.3 is 0 Å². The fourth-order valence-electron chi connectivity index (χ4n) is 2.53. The van der Waals surface area contributed by atoms with E-state index >= 15 is 0 Å². The lowest BCUT2D eigenvalue weighted by atomic mass is 10.1. The average molecular weight is 301 g/mol. The number of aryl methyl sites for hydroxylation is 1. The molecule has 1 aromatic heterocycles. The van der Waals surface area contributed by atoms with Gasteiger partial charge in [-0.3, -0.25) is 0 Å². The Bertz CT molecular complexity index is 582. The van der Waals surface area contributed by atoms with Crippen molar-refractivity contribution in [2.45, 2.75) is 39.5 Å². The van der Waals surface area contributed by atoms with Crippen LogP contribution in [0.4, 0.5) is 0 Å². The molecule has 112 valence electrons. The molecule has 0 spiro atoms. The molecule has 0 N–H and O–H groups in total. The predicted octanol–water partition coefficient (Wildman–Crippen LogP) is 5.19. The van der Waals surface area contributed by atoms with Crippen LogP contribution in [-0.2, 0) is 11.2 Å². The molecule has 0 saturated heterocycles. The maximum Gasteiger partial charge on any atom is 0.208 e. The summed E-state index contributed by atoms with van der Waals surface area (Å²) in [6, 6.07) is 4.57. The van der Waals surface area contributed by atoms with Gasteiger partial charge in [-0.15, -0.1) is 11.3 Å². The molecular formula is C18H23NOS. The fourth-order valence-corrected chi connectivity index (χ4v) is 3.51. The smallest absolute Gasteiger partial charge is 0.208 e. The summed E-state index contributed by atoms with van der Waals surface area (Å²) in [6.45, 7) is 14.1. The number of rotatable bonds is 5. The monoisotopic (exact) mass is 301 g/mol. The molecule has 0 saturated carbocycles. The summed E-state index contributed by atoms with van der Waals surface area (Å²) in [5, 5.41) is 0. The van der Waals surface area contributed by atoms with E-state index in [0.717, 1.165) is 17.9 Å². The predicted molar refractivity (Wildman–Crippen MR) is 91.1 cm³/mol. The Morgan fingerprint density at radius 3 is 2.71 bits per heavy atom. The molecule has 2 rings (SSSR count). The molecule has 1 aliphatic rings. The topological polar surface area (TPSA) is 12.5 Å². The molecule has 2 nitrogen and oxygen atoms in total. The van der Waals surface area contributed by atoms with Crippen LogP contribution in [0.25, 0.3) is 0 Å². The highest BCUT2D eigenvalue weighted by atomic mass is 32.1. The lowest BCUT2D eigenvalue weighted by Crippen LogP contribution is -2.38. The Kier molecular flexibility index (Phi) is 5.07. The van der Waals surface area contributed by atoms with E-state index in [1.54, 1.807) is 17.4 Å². The van der Waals surface area contributed by atoms with Gasteiger partial charge in [0.1, 0.15) is 5.76 Å². The fraction of sp³-hybridized carbons (Fsp3) is 0.333. The Morgan fingerprint density at radius 2 is 2.19 bits per heavy atom. The normalized spacial score (nSPS) is 22.5. The van der Waals surface area contributed by atoms with Crippen molar-refractivity contribution in [2.75, 3.05) is 0 Å². The summed E-state index contributed by atoms with van der Waals surface area (Å²) < 4.78 is 6.14. The molecule has 0 bridgehead atoms. The van der Waals surface area contributed by atoms with E-state index in [4.69, 9.17) is 4.74 Å². The Balaban J connectivity index is 2.44. The Morgan fingerprint density at radius 1 is 1.43 bits per heavy atom. The van der Waals surface area contributed by atoms with Gasteiger partial charge in [-0.2, -0.15) is 0 Å². The van der Waals surface area contributed by atoms with Crippen molar-refractivity contribution in [1.29, 1.82) is 0 Å². The summed E-state index contributed by atoms with van der Waals surface area (Å²) in [6.07, 6.45) is 8.75. The SMILES string of the molecule is C=CC1=CC(C)N(/C(C=C)=C/C)C(c2ccc(CC)s2)O1. The largest absolute Gasteiger partial charge is 0.466 e. The number of thiophene rings is 1. The van der Waals surface area contributed by atoms with Crippen LogP contribution >= 0.6 is 11.3 Å². The van der Waals surface area contributed by atoms with Gasteiger partial charge in [-0.1, -0.05) is 26.2 Å². The Hall–Kier alpha value is -1.74. The van der Waals surface area contributed by atoms with Crippen LogP contribution in [-0.4, -0.2) is 10.9 Å². The van der Waals surface area contributed by atoms with E-state index in [1.165, 1.54) is 9.75 Å². The summed E-state index contributed by atoms with van der Waals surface area (Å²) in [5.74, 6) is 0.842. The molecule has 0 radical (unpaired) electrons. The second kappa shape index (κ2) is 6.81. The molecule has 0 aromatic carbocycles. The van der Waals surface area contributed by atoms with Crippen LogP contribution < -0.4 is 0 Å². The number of hydrogen-bond acceptors (Lipinski definition) is 3. The molecule has 21 heavy (non-hydrogen) atoms. The van der Waals surface area contributed by atoms with Gasteiger partial charge in [-0.25, -0.2) is 0 Å². The van der Waals surface area contributed by atoms with Crippen LogP contribution in [0.1, 0.15) is 36.8 Å². The maximum absolute atomic E-state index is 6.14. The van der Waals surface area contributed by atoms with Crippen LogP contribution in [0.2, 0.25) is 0 Å². The molecule has 2 heterocycles. The highest BCUT2D eigenvalue weighted by Crippen LogP contribution is 2.38. The van der Waals surface area contributed by atoms with Crippen LogP contribution in [0, 0.1) is 0 Å². The van der Waals surface area contributed by atoms with Crippen molar-refractivity contribution in [1.82, 2.24) is 4.90 Å². The zero-order chi connectivity index (χ0) is 15.4. The van der Waals surface area contributed by atoms with Crippen molar-refractivity contribution in [3.8, 4) is 0 Å². The minimum atomic E-state index is -0.118. The third kappa shape index (κ3) is 3.13. The van der Waals surface area contributed by atoms with Crippen LogP contribution in [0.5, 0.6) is 0 Å². The van der Waals surface area contributed by atoms with Gasteiger partial charge in [0.25, 0.3) is 0 Å². The molecule has 2 unspecified atom stereocenters. The molecular weight excluding hydrogens is 278 g/mol. The molecule has 0 fully saturated rings. The van der Waals surface area contributed by atoms with Gasteiger partial charge in [0, 0.05) is 10.6 Å². The van der Waals surface area contributed by atoms with Crippen molar-refractivity contribution in [3.05, 3.63) is 70.8 Å². The van der Waals surface area contributed by atoms with E-state index in [0.29, 0.717) is 0 Å². The number of ether oxygens (including phenoxy) is 1. The lowest BCUT2D eigenvalue weighted by molar-refractivity contribution is -0.0241. The second-order valence-electron chi connectivity index (χ2n) is 4.97. The van der Waals surface area contributed by atoms with Crippen LogP contribution in [0.3, 0.4) is 0 Å². The third-order valence-corrected chi connectivity index (χ3v) is 4.88. The van der Waals surface area contributed by atoms with Crippen LogP contribution in [0.15, 0.2) is 61.1 Å².